The van der Waals surface area contributed by atoms with Gasteiger partial charge < -0.3 is 15.4 Å². The van der Waals surface area contributed by atoms with Crippen LogP contribution in [0.25, 0.3) is 10.9 Å². The lowest BCUT2D eigenvalue weighted by atomic mass is 10.0. The number of hydrogen-bond donors (Lipinski definition) is 2. The van der Waals surface area contributed by atoms with E-state index in [-0.39, 0.29) is 42.7 Å². The molecule has 38 heavy (non-hydrogen) atoms. The van der Waals surface area contributed by atoms with Gasteiger partial charge in [0.05, 0.1) is 6.61 Å². The van der Waals surface area contributed by atoms with Crippen LogP contribution in [0, 0.1) is 5.92 Å². The monoisotopic (exact) mass is 584 g/mol. The van der Waals surface area contributed by atoms with Crippen molar-refractivity contribution >= 4 is 59.3 Å². The van der Waals surface area contributed by atoms with Gasteiger partial charge in [0.25, 0.3) is 5.91 Å². The Balaban J connectivity index is 0.00000253. The topological polar surface area (TPSA) is 83.6 Å². The van der Waals surface area contributed by atoms with Crippen LogP contribution in [0.5, 0.6) is 5.75 Å². The number of carbonyl (C=O) groups is 2. The fourth-order valence-corrected chi connectivity index (χ4v) is 6.11. The Kier molecular flexibility index (Phi) is 13.5. The van der Waals surface area contributed by atoms with Gasteiger partial charge in [-0.2, -0.15) is 0 Å². The molecule has 0 radical (unpaired) electrons. The van der Waals surface area contributed by atoms with E-state index < -0.39 is 0 Å². The summed E-state index contributed by atoms with van der Waals surface area (Å²) in [5.41, 5.74) is 1.15. The Labute approximate surface area is 243 Å². The predicted molar refractivity (Wildman–Crippen MR) is 160 cm³/mol. The number of pyridine rings is 1. The molecule has 10 heteroatoms. The summed E-state index contributed by atoms with van der Waals surface area (Å²) in [6.07, 6.45) is 7.04. The second kappa shape index (κ2) is 15.8. The van der Waals surface area contributed by atoms with Gasteiger partial charge in [0, 0.05) is 48.1 Å². The van der Waals surface area contributed by atoms with Crippen LogP contribution in [0.15, 0.2) is 29.2 Å². The highest BCUT2D eigenvalue weighted by Gasteiger charge is 2.25. The van der Waals surface area contributed by atoms with Crippen molar-refractivity contribution in [3.8, 4) is 5.75 Å². The number of amides is 2. The molecule has 2 N–H and O–H groups in total. The van der Waals surface area contributed by atoms with E-state index in [0.717, 1.165) is 47.5 Å². The van der Waals surface area contributed by atoms with Gasteiger partial charge in [-0.1, -0.05) is 25.0 Å². The maximum absolute atomic E-state index is 13.4. The van der Waals surface area contributed by atoms with Gasteiger partial charge >= 0.3 is 0 Å². The SMILES string of the molecule is CC(=O)NCCSc1cc(C(=O)N[C@@H]2CCCN(C(C)C)C2)nc2c(OCC3CCCC3)cccc12.Cl.Cl. The van der Waals surface area contributed by atoms with Crippen molar-refractivity contribution in [2.24, 2.45) is 5.92 Å². The molecule has 0 unspecified atom stereocenters. The minimum absolute atomic E-state index is 0. The number of likely N-dealkylation sites (tertiary alicyclic amines) is 1. The Morgan fingerprint density at radius 3 is 2.63 bits per heavy atom. The Hall–Kier alpha value is -1.74. The minimum atomic E-state index is -0.137. The number of thioether (sulfide) groups is 1. The van der Waals surface area contributed by atoms with E-state index in [9.17, 15) is 9.59 Å². The van der Waals surface area contributed by atoms with E-state index in [1.54, 1.807) is 11.8 Å². The highest BCUT2D eigenvalue weighted by atomic mass is 35.5. The van der Waals surface area contributed by atoms with Gasteiger partial charge in [0.15, 0.2) is 0 Å². The fraction of sp³-hybridized carbons (Fsp3) is 0.607. The maximum atomic E-state index is 13.4. The molecule has 2 fully saturated rings. The summed E-state index contributed by atoms with van der Waals surface area (Å²) in [7, 11) is 0. The summed E-state index contributed by atoms with van der Waals surface area (Å²) in [6, 6.07) is 8.47. The number of carbonyl (C=O) groups excluding carboxylic acids is 2. The molecule has 1 saturated carbocycles. The average molecular weight is 586 g/mol. The second-order valence-corrected chi connectivity index (χ2v) is 11.5. The number of benzene rings is 1. The largest absolute Gasteiger partial charge is 0.491 e. The number of nitrogens with one attached hydrogen (secondary N) is 2. The van der Waals surface area contributed by atoms with E-state index in [4.69, 9.17) is 9.72 Å². The molecule has 2 amide bonds. The first-order valence-corrected chi connectivity index (χ1v) is 14.4. The summed E-state index contributed by atoms with van der Waals surface area (Å²) >= 11 is 1.63. The third-order valence-corrected chi connectivity index (χ3v) is 8.26. The van der Waals surface area contributed by atoms with Crippen LogP contribution in [0.2, 0.25) is 0 Å². The smallest absolute Gasteiger partial charge is 0.270 e. The van der Waals surface area contributed by atoms with E-state index in [1.165, 1.54) is 32.6 Å². The van der Waals surface area contributed by atoms with Crippen LogP contribution in [-0.2, 0) is 4.79 Å². The van der Waals surface area contributed by atoms with Crippen molar-refractivity contribution in [2.45, 2.75) is 76.3 Å². The lowest BCUT2D eigenvalue weighted by Crippen LogP contribution is -2.49. The van der Waals surface area contributed by atoms with Crippen molar-refractivity contribution in [2.75, 3.05) is 32.0 Å². The van der Waals surface area contributed by atoms with Crippen LogP contribution in [0.3, 0.4) is 0 Å². The van der Waals surface area contributed by atoms with Gasteiger partial charge in [0.2, 0.25) is 5.91 Å². The summed E-state index contributed by atoms with van der Waals surface area (Å²) in [5, 5.41) is 7.07. The number of halogens is 2. The van der Waals surface area contributed by atoms with Gasteiger partial charge in [-0.25, -0.2) is 4.98 Å². The van der Waals surface area contributed by atoms with Gasteiger partial charge in [0.1, 0.15) is 17.0 Å². The number of rotatable bonds is 10. The zero-order valence-electron chi connectivity index (χ0n) is 22.7. The summed E-state index contributed by atoms with van der Waals surface area (Å²) in [4.78, 5) is 32.9. The normalized spacial score (nSPS) is 18.1. The molecule has 2 aliphatic rings. The summed E-state index contributed by atoms with van der Waals surface area (Å²) in [6.45, 7) is 9.12. The molecule has 7 nitrogen and oxygen atoms in total. The van der Waals surface area contributed by atoms with Crippen LogP contribution in [0.1, 0.15) is 69.8 Å². The van der Waals surface area contributed by atoms with Crippen LogP contribution in [-0.4, -0.2) is 65.8 Å². The van der Waals surface area contributed by atoms with E-state index in [2.05, 4.69) is 29.4 Å². The molecule has 1 aliphatic carbocycles. The number of para-hydroxylation sites is 1. The molecule has 0 spiro atoms. The zero-order chi connectivity index (χ0) is 25.5. The molecule has 0 bridgehead atoms. The number of piperidine rings is 1. The maximum Gasteiger partial charge on any atom is 0.270 e. The number of fused-ring (bicyclic) bond motifs is 1. The number of aromatic nitrogens is 1. The molecule has 1 atom stereocenters. The van der Waals surface area contributed by atoms with E-state index >= 15 is 0 Å². The molecule has 1 aromatic carbocycles. The average Bonchev–Trinajstić information content (AvgIpc) is 3.39. The summed E-state index contributed by atoms with van der Waals surface area (Å²) in [5.74, 6) is 1.86. The van der Waals surface area contributed by atoms with Gasteiger partial charge in [-0.3, -0.25) is 14.5 Å². The van der Waals surface area contributed by atoms with Crippen molar-refractivity contribution < 1.29 is 14.3 Å². The number of ether oxygens (including phenoxy) is 1. The molecule has 1 aromatic heterocycles. The molecule has 4 rings (SSSR count). The first kappa shape index (κ1) is 32.5. The molecule has 1 aliphatic heterocycles. The molecule has 1 saturated heterocycles. The van der Waals surface area contributed by atoms with Crippen LogP contribution >= 0.6 is 36.6 Å². The Morgan fingerprint density at radius 1 is 1.16 bits per heavy atom. The van der Waals surface area contributed by atoms with E-state index in [1.807, 2.05) is 24.3 Å². The quantitative estimate of drug-likeness (QED) is 0.284. The predicted octanol–water partition coefficient (Wildman–Crippen LogP) is 5.48. The third kappa shape index (κ3) is 8.90. The fourth-order valence-electron chi connectivity index (χ4n) is 5.17. The van der Waals surface area contributed by atoms with Gasteiger partial charge in [-0.15, -0.1) is 36.6 Å². The minimum Gasteiger partial charge on any atom is -0.491 e. The van der Waals surface area contributed by atoms with E-state index in [0.29, 0.717) is 36.6 Å². The highest BCUT2D eigenvalue weighted by molar-refractivity contribution is 7.99. The lowest BCUT2D eigenvalue weighted by molar-refractivity contribution is -0.118. The third-order valence-electron chi connectivity index (χ3n) is 7.20. The molecule has 2 aromatic rings. The van der Waals surface area contributed by atoms with Crippen molar-refractivity contribution in [3.63, 3.8) is 0 Å². The molecular formula is C28H42Cl2N4O3S. The van der Waals surface area contributed by atoms with Crippen molar-refractivity contribution in [1.82, 2.24) is 20.5 Å². The molecule has 2 heterocycles. The zero-order valence-corrected chi connectivity index (χ0v) is 25.1. The molecule has 212 valence electrons. The van der Waals surface area contributed by atoms with Crippen LogP contribution in [0.4, 0.5) is 0 Å². The second-order valence-electron chi connectivity index (χ2n) is 10.4. The van der Waals surface area contributed by atoms with Crippen molar-refractivity contribution in [3.05, 3.63) is 30.0 Å². The lowest BCUT2D eigenvalue weighted by Gasteiger charge is -2.35. The number of nitrogens with zero attached hydrogens (tertiary/aromatic N) is 2. The standard InChI is InChI=1S/C28H40N4O3S.2ClH/c1-19(2)32-14-7-10-22(17-32)30-28(34)24-16-26(36-15-13-29-20(3)33)23-11-6-12-25(27(23)31-24)35-18-21-8-4-5-9-21;;/h6,11-12,16,19,21-22H,4-5,7-10,13-15,17-18H2,1-3H3,(H,29,33)(H,30,34);2*1H/t22-;;/m1../s1. The van der Waals surface area contributed by atoms with Crippen LogP contribution < -0.4 is 15.4 Å². The van der Waals surface area contributed by atoms with Gasteiger partial charge in [-0.05, 0) is 64.1 Å². The Morgan fingerprint density at radius 2 is 1.92 bits per heavy atom. The first-order valence-electron chi connectivity index (χ1n) is 13.4. The molecular weight excluding hydrogens is 543 g/mol. The first-order chi connectivity index (χ1) is 17.4. The number of hydrogen-bond acceptors (Lipinski definition) is 6. The summed E-state index contributed by atoms with van der Waals surface area (Å²) < 4.78 is 6.27. The van der Waals surface area contributed by atoms with Crippen molar-refractivity contribution in [1.29, 1.82) is 0 Å². The Bertz CT molecular complexity index is 1070. The highest BCUT2D eigenvalue weighted by Crippen LogP contribution is 2.34.